The Balaban J connectivity index is 5.69. The lowest BCUT2D eigenvalue weighted by molar-refractivity contribution is 0.0340. The van der Waals surface area contributed by atoms with E-state index < -0.39 is 47.2 Å². The monoisotopic (exact) mass is 456 g/mol. The fraction of sp³-hybridized carbons (Fsp3) is 1.00. The van der Waals surface area contributed by atoms with Crippen molar-refractivity contribution in [3.8, 4) is 0 Å². The lowest BCUT2D eigenvalue weighted by atomic mass is 11.8. The summed E-state index contributed by atoms with van der Waals surface area (Å²) in [6, 6.07) is 0. The van der Waals surface area contributed by atoms with Gasteiger partial charge in [0.2, 0.25) is 0 Å². The van der Waals surface area contributed by atoms with Gasteiger partial charge < -0.3 is 51.9 Å². The third-order valence-corrected chi connectivity index (χ3v) is 13.3. The average Bonchev–Trinajstić information content (AvgIpc) is 2.66. The van der Waals surface area contributed by atoms with Gasteiger partial charge in [-0.3, -0.25) is 0 Å². The maximum absolute atomic E-state index is 5.83. The minimum atomic E-state index is -3.97. The van der Waals surface area contributed by atoms with Crippen LogP contribution in [0.5, 0.6) is 0 Å². The maximum Gasteiger partial charge on any atom is 0.649 e. The number of hydrogen-bond donors (Lipinski definition) is 0. The van der Waals surface area contributed by atoms with Gasteiger partial charge in [-0.2, -0.15) is 0 Å². The van der Waals surface area contributed by atoms with E-state index in [1.807, 2.05) is 0 Å². The quantitative estimate of drug-likeness (QED) is 0.229. The van der Waals surface area contributed by atoms with Gasteiger partial charge in [0.25, 0.3) is 0 Å². The van der Waals surface area contributed by atoms with Gasteiger partial charge in [-0.05, 0) is 0 Å². The van der Waals surface area contributed by atoms with E-state index in [2.05, 4.69) is 0 Å². The summed E-state index contributed by atoms with van der Waals surface area (Å²) in [5.41, 5.74) is 0. The van der Waals surface area contributed by atoms with Crippen molar-refractivity contribution in [1.29, 1.82) is 0 Å². The van der Waals surface area contributed by atoms with Crippen molar-refractivity contribution in [3.05, 3.63) is 0 Å². The first kappa shape index (κ1) is 25.6. The molecule has 0 saturated heterocycles. The summed E-state index contributed by atoms with van der Waals surface area (Å²) in [5, 5.41) is 0. The van der Waals surface area contributed by atoms with Gasteiger partial charge in [-0.25, -0.2) is 0 Å². The lowest BCUT2D eigenvalue weighted by Crippen LogP contribution is -2.62. The van der Waals surface area contributed by atoms with E-state index in [4.69, 9.17) is 51.9 Å². The third kappa shape index (κ3) is 9.38. The Morgan fingerprint density at radius 3 is 0.640 bits per heavy atom. The van der Waals surface area contributed by atoms with E-state index in [1.165, 1.54) is 56.9 Å². The molecule has 0 aromatic heterocycles. The first-order valence-electron chi connectivity index (χ1n) is 6.91. The van der Waals surface area contributed by atoms with Crippen LogP contribution in [0.1, 0.15) is 0 Å². The summed E-state index contributed by atoms with van der Waals surface area (Å²) < 4.78 is 64.9. The van der Waals surface area contributed by atoms with Crippen LogP contribution in [0.25, 0.3) is 0 Å². The smallest absolute Gasteiger partial charge is 0.380 e. The summed E-state index contributed by atoms with van der Waals surface area (Å²) >= 11 is 0. The van der Waals surface area contributed by atoms with E-state index in [1.54, 1.807) is 0 Å². The van der Waals surface area contributed by atoms with E-state index in [-0.39, 0.29) is 0 Å². The first-order chi connectivity index (χ1) is 12.0. The van der Waals surface area contributed by atoms with Gasteiger partial charge in [0.15, 0.2) is 0 Å². The van der Waals surface area contributed by atoms with Crippen molar-refractivity contribution < 1.29 is 51.9 Å². The molecule has 0 saturated carbocycles. The highest BCUT2D eigenvalue weighted by atomic mass is 28.5. The normalized spacial score (nSPS) is 13.0. The SMILES string of the molecule is CO[SiH](OC)O[Si](O[SiH](OC)OC)(O[SiH](OC)OC)O[SiH](OC)OC. The Morgan fingerprint density at radius 2 is 0.520 bits per heavy atom. The molecular weight excluding hydrogens is 429 g/mol. The van der Waals surface area contributed by atoms with Crippen LogP contribution in [-0.4, -0.2) is 104 Å². The molecular formula is C8H28O12Si5. The third-order valence-electron chi connectivity index (χ3n) is 2.50. The van der Waals surface area contributed by atoms with Gasteiger partial charge in [0.05, 0.1) is 0 Å². The number of rotatable bonds is 16. The highest BCUT2D eigenvalue weighted by Gasteiger charge is 2.55. The van der Waals surface area contributed by atoms with Gasteiger partial charge in [0.1, 0.15) is 0 Å². The Bertz CT molecular complexity index is 252. The zero-order valence-corrected chi connectivity index (χ0v) is 21.3. The van der Waals surface area contributed by atoms with Gasteiger partial charge in [0, 0.05) is 56.9 Å². The molecule has 0 aromatic rings. The van der Waals surface area contributed by atoms with Crippen molar-refractivity contribution in [1.82, 2.24) is 0 Å². The largest absolute Gasteiger partial charge is 0.649 e. The highest BCUT2D eigenvalue weighted by molar-refractivity contribution is 6.75. The average molecular weight is 457 g/mol. The predicted molar refractivity (Wildman–Crippen MR) is 94.8 cm³/mol. The van der Waals surface area contributed by atoms with Crippen molar-refractivity contribution in [2.75, 3.05) is 56.9 Å². The molecule has 0 amide bonds. The van der Waals surface area contributed by atoms with Crippen LogP contribution in [0, 0.1) is 0 Å². The lowest BCUT2D eigenvalue weighted by Gasteiger charge is -2.34. The summed E-state index contributed by atoms with van der Waals surface area (Å²) in [5.74, 6) is 0. The molecule has 17 heteroatoms. The molecule has 0 N–H and O–H groups in total. The van der Waals surface area contributed by atoms with E-state index in [0.29, 0.717) is 0 Å². The van der Waals surface area contributed by atoms with Crippen LogP contribution in [0.15, 0.2) is 0 Å². The molecule has 0 spiro atoms. The van der Waals surface area contributed by atoms with Crippen LogP contribution in [0.3, 0.4) is 0 Å². The molecule has 0 radical (unpaired) electrons. The topological polar surface area (TPSA) is 111 Å². The summed E-state index contributed by atoms with van der Waals surface area (Å²) in [7, 11) is -3.05. The van der Waals surface area contributed by atoms with E-state index in [0.717, 1.165) is 0 Å². The molecule has 0 rings (SSSR count). The van der Waals surface area contributed by atoms with Gasteiger partial charge >= 0.3 is 47.2 Å². The zero-order valence-electron chi connectivity index (χ0n) is 15.7. The van der Waals surface area contributed by atoms with E-state index >= 15 is 0 Å². The van der Waals surface area contributed by atoms with Gasteiger partial charge in [-0.15, -0.1) is 0 Å². The van der Waals surface area contributed by atoms with Gasteiger partial charge in [-0.1, -0.05) is 0 Å². The van der Waals surface area contributed by atoms with E-state index in [9.17, 15) is 0 Å². The standard InChI is InChI=1S/C8H28O12Si5/c1-9-21(10-2)17-25(18-22(11-3)12-4,19-23(13-5)14-6)20-24(15-7)16-8/h21-24H,1-8H3. The minimum Gasteiger partial charge on any atom is -0.380 e. The molecule has 0 atom stereocenters. The molecule has 0 unspecified atom stereocenters. The van der Waals surface area contributed by atoms with Crippen molar-refractivity contribution >= 4 is 47.2 Å². The van der Waals surface area contributed by atoms with Crippen LogP contribution in [0.2, 0.25) is 0 Å². The molecule has 0 bridgehead atoms. The van der Waals surface area contributed by atoms with Crippen molar-refractivity contribution in [2.45, 2.75) is 0 Å². The predicted octanol–water partition coefficient (Wildman–Crippen LogP) is -2.47. The molecule has 25 heavy (non-hydrogen) atoms. The van der Waals surface area contributed by atoms with Crippen molar-refractivity contribution in [2.24, 2.45) is 0 Å². The molecule has 0 fully saturated rings. The molecule has 0 aliphatic rings. The molecule has 152 valence electrons. The number of hydrogen-bond acceptors (Lipinski definition) is 12. The Labute approximate surface area is 156 Å². The Morgan fingerprint density at radius 1 is 0.360 bits per heavy atom. The van der Waals surface area contributed by atoms with Crippen molar-refractivity contribution in [3.63, 3.8) is 0 Å². The minimum absolute atomic E-state index is 1.43. The van der Waals surface area contributed by atoms with Crippen LogP contribution >= 0.6 is 0 Å². The molecule has 0 aliphatic carbocycles. The molecule has 0 aliphatic heterocycles. The van der Waals surface area contributed by atoms with Crippen LogP contribution in [-0.2, 0) is 51.9 Å². The highest BCUT2D eigenvalue weighted by Crippen LogP contribution is 2.19. The van der Waals surface area contributed by atoms with Crippen LogP contribution in [0.4, 0.5) is 0 Å². The summed E-state index contributed by atoms with van der Waals surface area (Å²) in [6.45, 7) is 0. The fourth-order valence-electron chi connectivity index (χ4n) is 1.41. The van der Waals surface area contributed by atoms with Crippen LogP contribution < -0.4 is 0 Å². The zero-order chi connectivity index (χ0) is 19.3. The summed E-state index contributed by atoms with van der Waals surface area (Å²) in [6.07, 6.45) is 0. The second kappa shape index (κ2) is 14.6. The second-order valence-electron chi connectivity index (χ2n) is 4.01. The fourth-order valence-corrected chi connectivity index (χ4v) is 13.4. The molecule has 0 heterocycles. The maximum atomic E-state index is 5.83. The second-order valence-corrected chi connectivity index (χ2v) is 14.9. The Kier molecular flexibility index (Phi) is 15.0. The molecule has 12 nitrogen and oxygen atoms in total. The Hall–Kier alpha value is 0.604. The first-order valence-corrected chi connectivity index (χ1v) is 14.2. The molecule has 0 aromatic carbocycles. The summed E-state index contributed by atoms with van der Waals surface area (Å²) in [4.78, 5) is 0.